The summed E-state index contributed by atoms with van der Waals surface area (Å²) in [6, 6.07) is 8.40. The number of hydrogen-bond donors (Lipinski definition) is 2. The molecule has 3 N–H and O–H groups in total. The number of likely N-dealkylation sites (tertiary alicyclic amines) is 1. The Bertz CT molecular complexity index is 887. The van der Waals surface area contributed by atoms with E-state index in [0.29, 0.717) is 12.3 Å². The van der Waals surface area contributed by atoms with E-state index in [4.69, 9.17) is 10.6 Å². The number of nitrogens with zero attached hydrogens (tertiary/aromatic N) is 2. The lowest BCUT2D eigenvalue weighted by molar-refractivity contribution is -0.154. The average molecular weight is 368 g/mol. The predicted octanol–water partition coefficient (Wildman–Crippen LogP) is 2.52. The quantitative estimate of drug-likeness (QED) is 0.485. The number of benzene rings is 1. The number of fused-ring (bicyclic) bond motifs is 5. The molecule has 0 spiro atoms. The van der Waals surface area contributed by atoms with Crippen molar-refractivity contribution in [3.8, 4) is 0 Å². The van der Waals surface area contributed by atoms with E-state index < -0.39 is 0 Å². The van der Waals surface area contributed by atoms with Crippen LogP contribution in [0, 0.1) is 17.8 Å². The van der Waals surface area contributed by atoms with Gasteiger partial charge in [0.05, 0.1) is 24.4 Å². The molecule has 0 radical (unpaired) electrons. The van der Waals surface area contributed by atoms with Crippen LogP contribution in [0.4, 0.5) is 0 Å². The molecule has 0 amide bonds. The van der Waals surface area contributed by atoms with E-state index in [-0.39, 0.29) is 23.8 Å². The normalized spacial score (nSPS) is 30.0. The maximum atomic E-state index is 12.8. The molecule has 6 nitrogen and oxygen atoms in total. The van der Waals surface area contributed by atoms with Gasteiger partial charge in [-0.15, -0.1) is 0 Å². The number of rotatable bonds is 2. The first-order valence-electron chi connectivity index (χ1n) is 9.73. The largest absolute Gasteiger partial charge is 0.469 e. The molecule has 1 aromatic carbocycles. The molecule has 1 aliphatic heterocycles. The molecule has 4 rings (SSSR count). The van der Waals surface area contributed by atoms with Crippen LogP contribution in [0.25, 0.3) is 10.9 Å². The van der Waals surface area contributed by atoms with Crippen molar-refractivity contribution >= 4 is 22.6 Å². The van der Waals surface area contributed by atoms with Crippen molar-refractivity contribution in [1.29, 1.82) is 0 Å². The number of likely N-dealkylation sites (N-methyl/N-ethyl adjacent to an activating group) is 1. The van der Waals surface area contributed by atoms with Gasteiger partial charge in [-0.05, 0) is 43.4 Å². The number of piperidine rings is 1. The predicted molar refractivity (Wildman–Crippen MR) is 107 cm³/mol. The number of nitrogens with two attached hydrogens (primary N) is 1. The van der Waals surface area contributed by atoms with Crippen molar-refractivity contribution in [1.82, 2.24) is 9.88 Å². The number of hydrazone groups is 1. The van der Waals surface area contributed by atoms with Crippen LogP contribution in [-0.2, 0) is 16.0 Å². The summed E-state index contributed by atoms with van der Waals surface area (Å²) < 4.78 is 5.24. The molecule has 144 valence electrons. The SMILES string of the molecule is CC[C@@H]1CN(C)[C@H]2Cc3c([nH]c4ccccc34)/C(=N/N)C[C@H]1[C@@H]2C(=O)OC. The van der Waals surface area contributed by atoms with Crippen molar-refractivity contribution in [3.63, 3.8) is 0 Å². The molecule has 0 unspecified atom stereocenters. The van der Waals surface area contributed by atoms with E-state index in [0.717, 1.165) is 36.3 Å². The number of carbonyl (C=O) groups is 1. The van der Waals surface area contributed by atoms with Crippen molar-refractivity contribution in [2.45, 2.75) is 32.2 Å². The molecule has 1 aromatic heterocycles. The zero-order chi connectivity index (χ0) is 19.1. The van der Waals surface area contributed by atoms with Crippen molar-refractivity contribution in [2.24, 2.45) is 28.7 Å². The molecule has 0 saturated carbocycles. The van der Waals surface area contributed by atoms with Gasteiger partial charge in [-0.1, -0.05) is 31.5 Å². The van der Waals surface area contributed by atoms with E-state index in [1.165, 1.54) is 18.1 Å². The number of aromatic amines is 1. The maximum absolute atomic E-state index is 12.8. The maximum Gasteiger partial charge on any atom is 0.310 e. The Kier molecular flexibility index (Phi) is 4.68. The third-order valence-corrected chi connectivity index (χ3v) is 6.67. The lowest BCUT2D eigenvalue weighted by Gasteiger charge is -2.48. The number of H-pyrrole nitrogens is 1. The molecular weight excluding hydrogens is 340 g/mol. The third kappa shape index (κ3) is 2.83. The standard InChI is InChI=1S/C21H28N4O2/c1-4-12-11-25(2)18-10-15-13-7-5-6-8-16(13)23-20(15)17(24-22)9-14(12)19(18)21(26)27-3/h5-8,12,14,18-19,23H,4,9-11,22H2,1-3H3/b24-17+/t12-,14-,18+,19+/m1/s1. The van der Waals surface area contributed by atoms with Crippen LogP contribution in [0.5, 0.6) is 0 Å². The van der Waals surface area contributed by atoms with Gasteiger partial charge in [0.1, 0.15) is 0 Å². The number of para-hydroxylation sites is 1. The Morgan fingerprint density at radius 1 is 1.37 bits per heavy atom. The smallest absolute Gasteiger partial charge is 0.310 e. The third-order valence-electron chi connectivity index (χ3n) is 6.67. The molecular formula is C21H28N4O2. The van der Waals surface area contributed by atoms with E-state index in [9.17, 15) is 4.79 Å². The topological polar surface area (TPSA) is 83.7 Å². The summed E-state index contributed by atoms with van der Waals surface area (Å²) in [5.74, 6) is 6.15. The van der Waals surface area contributed by atoms with Crippen LogP contribution < -0.4 is 5.84 Å². The summed E-state index contributed by atoms with van der Waals surface area (Å²) >= 11 is 0. The van der Waals surface area contributed by atoms with Gasteiger partial charge in [-0.2, -0.15) is 5.10 Å². The number of ether oxygens (including phenoxy) is 1. The first-order valence-corrected chi connectivity index (χ1v) is 9.73. The average Bonchev–Trinajstić information content (AvgIpc) is 3.04. The number of aromatic nitrogens is 1. The first-order chi connectivity index (χ1) is 13.1. The highest BCUT2D eigenvalue weighted by atomic mass is 16.5. The van der Waals surface area contributed by atoms with Crippen LogP contribution in [0.2, 0.25) is 0 Å². The molecule has 6 heteroatoms. The summed E-state index contributed by atoms with van der Waals surface area (Å²) in [5, 5.41) is 5.34. The van der Waals surface area contributed by atoms with Crippen molar-refractivity contribution in [2.75, 3.05) is 20.7 Å². The Hall–Kier alpha value is -2.34. The minimum absolute atomic E-state index is 0.113. The summed E-state index contributed by atoms with van der Waals surface area (Å²) in [4.78, 5) is 18.7. The highest BCUT2D eigenvalue weighted by molar-refractivity contribution is 6.05. The summed E-state index contributed by atoms with van der Waals surface area (Å²) in [5.41, 5.74) is 4.18. The zero-order valence-corrected chi connectivity index (χ0v) is 16.2. The number of nitrogens with one attached hydrogen (secondary N) is 1. The van der Waals surface area contributed by atoms with Crippen LogP contribution in [0.15, 0.2) is 29.4 Å². The molecule has 2 aromatic rings. The van der Waals surface area contributed by atoms with E-state index in [2.05, 4.69) is 41.1 Å². The second kappa shape index (κ2) is 7.00. The Morgan fingerprint density at radius 3 is 2.85 bits per heavy atom. The molecule has 27 heavy (non-hydrogen) atoms. The van der Waals surface area contributed by atoms with Gasteiger partial charge >= 0.3 is 5.97 Å². The Labute approximate surface area is 159 Å². The van der Waals surface area contributed by atoms with Crippen LogP contribution in [0.3, 0.4) is 0 Å². The molecule has 2 heterocycles. The van der Waals surface area contributed by atoms with Gasteiger partial charge in [-0.25, -0.2) is 0 Å². The van der Waals surface area contributed by atoms with Gasteiger partial charge < -0.3 is 20.5 Å². The number of hydrogen-bond acceptors (Lipinski definition) is 5. The fraction of sp³-hybridized carbons (Fsp3) is 0.524. The van der Waals surface area contributed by atoms with Crippen LogP contribution in [-0.4, -0.2) is 48.3 Å². The minimum atomic E-state index is -0.169. The van der Waals surface area contributed by atoms with Crippen molar-refractivity contribution in [3.05, 3.63) is 35.5 Å². The molecule has 1 saturated heterocycles. The fourth-order valence-corrected chi connectivity index (χ4v) is 5.28. The van der Waals surface area contributed by atoms with Gasteiger partial charge in [0, 0.05) is 23.5 Å². The van der Waals surface area contributed by atoms with Gasteiger partial charge in [-0.3, -0.25) is 4.79 Å². The van der Waals surface area contributed by atoms with Crippen molar-refractivity contribution < 1.29 is 9.53 Å². The van der Waals surface area contributed by atoms with Gasteiger partial charge in [0.2, 0.25) is 0 Å². The fourth-order valence-electron chi connectivity index (χ4n) is 5.28. The zero-order valence-electron chi connectivity index (χ0n) is 16.2. The number of methoxy groups -OCH3 is 1. The highest BCUT2D eigenvalue weighted by Gasteiger charge is 2.48. The van der Waals surface area contributed by atoms with Crippen LogP contribution in [0.1, 0.15) is 31.0 Å². The van der Waals surface area contributed by atoms with Gasteiger partial charge in [0.25, 0.3) is 0 Å². The second-order valence-electron chi connectivity index (χ2n) is 7.90. The minimum Gasteiger partial charge on any atom is -0.469 e. The first kappa shape index (κ1) is 18.0. The second-order valence-corrected chi connectivity index (χ2v) is 7.90. The lowest BCUT2D eigenvalue weighted by Crippen LogP contribution is -2.56. The molecule has 1 aliphatic carbocycles. The number of carbonyl (C=O) groups excluding carboxylic acids is 1. The molecule has 2 bridgehead atoms. The highest BCUT2D eigenvalue weighted by Crippen LogP contribution is 2.42. The summed E-state index contributed by atoms with van der Waals surface area (Å²) in [6.07, 6.45) is 2.49. The summed E-state index contributed by atoms with van der Waals surface area (Å²) in [7, 11) is 3.63. The molecule has 4 atom stereocenters. The molecule has 2 aliphatic rings. The Balaban J connectivity index is 1.91. The van der Waals surface area contributed by atoms with Crippen LogP contribution >= 0.6 is 0 Å². The Morgan fingerprint density at radius 2 is 2.15 bits per heavy atom. The monoisotopic (exact) mass is 368 g/mol. The van der Waals surface area contributed by atoms with E-state index in [1.54, 1.807) is 0 Å². The van der Waals surface area contributed by atoms with Gasteiger partial charge in [0.15, 0.2) is 0 Å². The summed E-state index contributed by atoms with van der Waals surface area (Å²) in [6.45, 7) is 3.18. The molecule has 1 fully saturated rings. The number of esters is 1. The van der Waals surface area contributed by atoms with E-state index in [1.807, 2.05) is 12.1 Å². The lowest BCUT2D eigenvalue weighted by atomic mass is 9.67. The van der Waals surface area contributed by atoms with E-state index >= 15 is 0 Å².